The minimum Gasteiger partial charge on any atom is -0.478 e. The van der Waals surface area contributed by atoms with Crippen LogP contribution in [-0.2, 0) is 4.79 Å². The van der Waals surface area contributed by atoms with Crippen LogP contribution in [0, 0.1) is 0 Å². The Morgan fingerprint density at radius 2 is 2.47 bits per heavy atom. The summed E-state index contributed by atoms with van der Waals surface area (Å²) in [5.41, 5.74) is 0. The molecule has 0 aliphatic carbocycles. The first-order chi connectivity index (χ1) is 8.29. The SMILES string of the molecule is CCOc1cccc(NC2CCCNC2=O)n1. The number of nitrogens with one attached hydrogen (secondary N) is 2. The fraction of sp³-hybridized carbons (Fsp3) is 0.500. The number of anilines is 1. The molecule has 1 amide bonds. The van der Waals surface area contributed by atoms with Crippen molar-refractivity contribution in [3.8, 4) is 5.88 Å². The highest BCUT2D eigenvalue weighted by atomic mass is 16.5. The Bertz CT molecular complexity index is 395. The molecule has 92 valence electrons. The molecule has 0 bridgehead atoms. The second-order valence-electron chi connectivity index (χ2n) is 3.92. The topological polar surface area (TPSA) is 63.2 Å². The van der Waals surface area contributed by atoms with E-state index in [0.29, 0.717) is 18.3 Å². The van der Waals surface area contributed by atoms with Crippen LogP contribution in [0.3, 0.4) is 0 Å². The van der Waals surface area contributed by atoms with Crippen molar-refractivity contribution in [3.63, 3.8) is 0 Å². The summed E-state index contributed by atoms with van der Waals surface area (Å²) in [6.45, 7) is 3.26. The third-order valence-electron chi connectivity index (χ3n) is 2.62. The molecule has 0 spiro atoms. The first kappa shape index (κ1) is 11.7. The van der Waals surface area contributed by atoms with E-state index in [1.54, 1.807) is 6.07 Å². The van der Waals surface area contributed by atoms with Gasteiger partial charge < -0.3 is 15.4 Å². The van der Waals surface area contributed by atoms with Gasteiger partial charge in [0.1, 0.15) is 11.9 Å². The van der Waals surface area contributed by atoms with Crippen molar-refractivity contribution in [2.75, 3.05) is 18.5 Å². The Morgan fingerprint density at radius 3 is 3.24 bits per heavy atom. The summed E-state index contributed by atoms with van der Waals surface area (Å²) in [4.78, 5) is 15.9. The van der Waals surface area contributed by atoms with Gasteiger partial charge in [0.2, 0.25) is 11.8 Å². The average molecular weight is 235 g/mol. The smallest absolute Gasteiger partial charge is 0.242 e. The van der Waals surface area contributed by atoms with E-state index in [0.717, 1.165) is 19.4 Å². The van der Waals surface area contributed by atoms with E-state index in [1.807, 2.05) is 19.1 Å². The number of piperidine rings is 1. The van der Waals surface area contributed by atoms with Crippen LogP contribution in [-0.4, -0.2) is 30.1 Å². The molecule has 1 aromatic rings. The number of nitrogens with zero attached hydrogens (tertiary/aromatic N) is 1. The lowest BCUT2D eigenvalue weighted by Gasteiger charge is -2.23. The van der Waals surface area contributed by atoms with E-state index in [2.05, 4.69) is 15.6 Å². The van der Waals surface area contributed by atoms with Gasteiger partial charge >= 0.3 is 0 Å². The number of carbonyl (C=O) groups excluding carboxylic acids is 1. The van der Waals surface area contributed by atoms with Gasteiger partial charge in [0.15, 0.2) is 0 Å². The molecule has 0 saturated carbocycles. The van der Waals surface area contributed by atoms with Gasteiger partial charge in [-0.2, -0.15) is 4.98 Å². The normalized spacial score (nSPS) is 19.6. The van der Waals surface area contributed by atoms with Crippen molar-refractivity contribution in [2.45, 2.75) is 25.8 Å². The predicted octanol–water partition coefficient (Wildman–Crippen LogP) is 1.17. The van der Waals surface area contributed by atoms with Crippen molar-refractivity contribution >= 4 is 11.7 Å². The van der Waals surface area contributed by atoms with E-state index < -0.39 is 0 Å². The van der Waals surface area contributed by atoms with Gasteiger partial charge in [-0.1, -0.05) is 6.07 Å². The Kier molecular flexibility index (Phi) is 3.80. The van der Waals surface area contributed by atoms with Crippen LogP contribution in [0.25, 0.3) is 0 Å². The lowest BCUT2D eigenvalue weighted by molar-refractivity contribution is -0.123. The number of amides is 1. The van der Waals surface area contributed by atoms with Crippen molar-refractivity contribution < 1.29 is 9.53 Å². The zero-order chi connectivity index (χ0) is 12.1. The van der Waals surface area contributed by atoms with E-state index in [-0.39, 0.29) is 11.9 Å². The maximum Gasteiger partial charge on any atom is 0.242 e. The van der Waals surface area contributed by atoms with Crippen molar-refractivity contribution in [2.24, 2.45) is 0 Å². The zero-order valence-electron chi connectivity index (χ0n) is 9.90. The second kappa shape index (κ2) is 5.52. The highest BCUT2D eigenvalue weighted by Crippen LogP contribution is 2.14. The van der Waals surface area contributed by atoms with Crippen molar-refractivity contribution in [1.82, 2.24) is 10.3 Å². The molecule has 0 radical (unpaired) electrons. The second-order valence-corrected chi connectivity index (χ2v) is 3.92. The summed E-state index contributed by atoms with van der Waals surface area (Å²) in [7, 11) is 0. The molecule has 2 rings (SSSR count). The minimum absolute atomic E-state index is 0.0415. The lowest BCUT2D eigenvalue weighted by atomic mass is 10.1. The summed E-state index contributed by atoms with van der Waals surface area (Å²) in [6, 6.07) is 5.31. The maximum absolute atomic E-state index is 11.6. The summed E-state index contributed by atoms with van der Waals surface area (Å²) in [5.74, 6) is 1.30. The molecule has 5 nitrogen and oxygen atoms in total. The van der Waals surface area contributed by atoms with Crippen LogP contribution < -0.4 is 15.4 Å². The molecule has 1 aliphatic rings. The quantitative estimate of drug-likeness (QED) is 0.822. The van der Waals surface area contributed by atoms with E-state index in [4.69, 9.17) is 4.74 Å². The Labute approximate surface area is 101 Å². The van der Waals surface area contributed by atoms with E-state index in [9.17, 15) is 4.79 Å². The number of ether oxygens (including phenoxy) is 1. The molecule has 1 fully saturated rings. The number of hydrogen-bond acceptors (Lipinski definition) is 4. The van der Waals surface area contributed by atoms with Gasteiger partial charge in [-0.15, -0.1) is 0 Å². The molecule has 17 heavy (non-hydrogen) atoms. The predicted molar refractivity (Wildman–Crippen MR) is 65.1 cm³/mol. The molecule has 1 unspecified atom stereocenters. The van der Waals surface area contributed by atoms with Crippen LogP contribution in [0.2, 0.25) is 0 Å². The summed E-state index contributed by atoms with van der Waals surface area (Å²) in [5, 5.41) is 5.96. The van der Waals surface area contributed by atoms with Gasteiger partial charge in [0.25, 0.3) is 0 Å². The largest absolute Gasteiger partial charge is 0.478 e. The number of pyridine rings is 1. The van der Waals surface area contributed by atoms with Crippen molar-refractivity contribution in [1.29, 1.82) is 0 Å². The first-order valence-corrected chi connectivity index (χ1v) is 5.93. The average Bonchev–Trinajstić information content (AvgIpc) is 2.33. The van der Waals surface area contributed by atoms with Gasteiger partial charge in [-0.05, 0) is 25.8 Å². The van der Waals surface area contributed by atoms with Crippen LogP contribution >= 0.6 is 0 Å². The zero-order valence-corrected chi connectivity index (χ0v) is 9.90. The molecule has 2 heterocycles. The molecule has 1 aromatic heterocycles. The molecule has 1 atom stereocenters. The fourth-order valence-electron chi connectivity index (χ4n) is 1.81. The molecular weight excluding hydrogens is 218 g/mol. The number of carbonyl (C=O) groups is 1. The van der Waals surface area contributed by atoms with Crippen LogP contribution in [0.4, 0.5) is 5.82 Å². The van der Waals surface area contributed by atoms with Gasteiger partial charge in [-0.3, -0.25) is 4.79 Å². The fourth-order valence-corrected chi connectivity index (χ4v) is 1.81. The Balaban J connectivity index is 2.01. The standard InChI is InChI=1S/C12H17N3O2/c1-2-17-11-7-3-6-10(15-11)14-9-5-4-8-13-12(9)16/h3,6-7,9H,2,4-5,8H2,1H3,(H,13,16)(H,14,15). The van der Waals surface area contributed by atoms with Gasteiger partial charge in [-0.25, -0.2) is 0 Å². The number of hydrogen-bond donors (Lipinski definition) is 2. The maximum atomic E-state index is 11.6. The third-order valence-corrected chi connectivity index (χ3v) is 2.62. The van der Waals surface area contributed by atoms with Crippen LogP contribution in [0.5, 0.6) is 5.88 Å². The number of aromatic nitrogens is 1. The van der Waals surface area contributed by atoms with E-state index >= 15 is 0 Å². The molecular formula is C12H17N3O2. The molecule has 1 aliphatic heterocycles. The minimum atomic E-state index is -0.187. The number of rotatable bonds is 4. The lowest BCUT2D eigenvalue weighted by Crippen LogP contribution is -2.44. The summed E-state index contributed by atoms with van der Waals surface area (Å²) in [6.07, 6.45) is 1.83. The third kappa shape index (κ3) is 3.09. The van der Waals surface area contributed by atoms with Crippen LogP contribution in [0.1, 0.15) is 19.8 Å². The molecule has 2 N–H and O–H groups in total. The molecule has 1 saturated heterocycles. The Morgan fingerprint density at radius 1 is 1.59 bits per heavy atom. The van der Waals surface area contributed by atoms with Gasteiger partial charge in [0, 0.05) is 12.6 Å². The first-order valence-electron chi connectivity index (χ1n) is 5.93. The van der Waals surface area contributed by atoms with E-state index in [1.165, 1.54) is 0 Å². The molecule has 0 aromatic carbocycles. The monoisotopic (exact) mass is 235 g/mol. The highest BCUT2D eigenvalue weighted by Gasteiger charge is 2.21. The van der Waals surface area contributed by atoms with Crippen molar-refractivity contribution in [3.05, 3.63) is 18.2 Å². The van der Waals surface area contributed by atoms with Gasteiger partial charge in [0.05, 0.1) is 6.61 Å². The highest BCUT2D eigenvalue weighted by molar-refractivity contribution is 5.84. The summed E-state index contributed by atoms with van der Waals surface area (Å²) < 4.78 is 5.31. The molecule has 5 heteroatoms. The summed E-state index contributed by atoms with van der Waals surface area (Å²) >= 11 is 0. The van der Waals surface area contributed by atoms with Crippen LogP contribution in [0.15, 0.2) is 18.2 Å². The Hall–Kier alpha value is -1.78.